The minimum absolute atomic E-state index is 0.349. The van der Waals surface area contributed by atoms with Crippen LogP contribution in [0.5, 0.6) is 0 Å². The molecular weight excluding hydrogens is 174 g/mol. The van der Waals surface area contributed by atoms with Crippen molar-refractivity contribution in [3.8, 4) is 0 Å². The summed E-state index contributed by atoms with van der Waals surface area (Å²) in [6, 6.07) is 4.85. The summed E-state index contributed by atoms with van der Waals surface area (Å²) in [7, 11) is 0. The van der Waals surface area contributed by atoms with Crippen LogP contribution in [0.1, 0.15) is 45.9 Å². The van der Waals surface area contributed by atoms with Gasteiger partial charge in [-0.05, 0) is 31.4 Å². The Labute approximate surface area is 86.7 Å². The number of hydrogen-bond acceptors (Lipinski definition) is 2. The highest BCUT2D eigenvalue weighted by molar-refractivity contribution is 5.04. The summed E-state index contributed by atoms with van der Waals surface area (Å²) < 4.78 is 5.40. The van der Waals surface area contributed by atoms with Crippen LogP contribution in [-0.2, 0) is 0 Å². The monoisotopic (exact) mass is 195 g/mol. The average molecular weight is 195 g/mol. The summed E-state index contributed by atoms with van der Waals surface area (Å²) in [5, 5.41) is 3.57. The molecule has 1 heterocycles. The van der Waals surface area contributed by atoms with E-state index in [4.69, 9.17) is 4.42 Å². The number of rotatable bonds is 5. The van der Waals surface area contributed by atoms with Crippen LogP contribution >= 0.6 is 0 Å². The van der Waals surface area contributed by atoms with Gasteiger partial charge in [-0.2, -0.15) is 0 Å². The SMILES string of the molecule is CCC(NC(C)C(C)C)c1ccco1. The van der Waals surface area contributed by atoms with Crippen LogP contribution in [0.4, 0.5) is 0 Å². The lowest BCUT2D eigenvalue weighted by molar-refractivity contribution is 0.331. The molecule has 0 aliphatic rings. The maximum Gasteiger partial charge on any atom is 0.120 e. The van der Waals surface area contributed by atoms with E-state index in [1.165, 1.54) is 0 Å². The molecule has 2 nitrogen and oxygen atoms in total. The van der Waals surface area contributed by atoms with Crippen LogP contribution in [-0.4, -0.2) is 6.04 Å². The lowest BCUT2D eigenvalue weighted by atomic mass is 10.0. The Balaban J connectivity index is 2.56. The van der Waals surface area contributed by atoms with Crippen molar-refractivity contribution in [1.29, 1.82) is 0 Å². The van der Waals surface area contributed by atoms with Gasteiger partial charge in [0.1, 0.15) is 5.76 Å². The van der Waals surface area contributed by atoms with Gasteiger partial charge >= 0.3 is 0 Å². The van der Waals surface area contributed by atoms with Crippen LogP contribution in [0.3, 0.4) is 0 Å². The quantitative estimate of drug-likeness (QED) is 0.779. The minimum atomic E-state index is 0.349. The van der Waals surface area contributed by atoms with E-state index in [1.54, 1.807) is 6.26 Å². The van der Waals surface area contributed by atoms with Crippen molar-refractivity contribution in [2.75, 3.05) is 0 Å². The first-order valence-electron chi connectivity index (χ1n) is 5.44. The largest absolute Gasteiger partial charge is 0.468 e. The lowest BCUT2D eigenvalue weighted by Gasteiger charge is -2.23. The molecule has 0 saturated heterocycles. The molecule has 1 rings (SSSR count). The van der Waals surface area contributed by atoms with Gasteiger partial charge in [-0.15, -0.1) is 0 Å². The van der Waals surface area contributed by atoms with Gasteiger partial charge in [0.05, 0.1) is 12.3 Å². The summed E-state index contributed by atoms with van der Waals surface area (Å²) in [6.07, 6.45) is 2.80. The van der Waals surface area contributed by atoms with Gasteiger partial charge < -0.3 is 9.73 Å². The Morgan fingerprint density at radius 1 is 1.36 bits per heavy atom. The maximum atomic E-state index is 5.40. The standard InChI is InChI=1S/C12H21NO/c1-5-11(12-7-6-8-14-12)13-10(4)9(2)3/h6-11,13H,5H2,1-4H3. The topological polar surface area (TPSA) is 25.2 Å². The molecule has 0 spiro atoms. The Hall–Kier alpha value is -0.760. The van der Waals surface area contributed by atoms with Crippen LogP contribution in [0.25, 0.3) is 0 Å². The summed E-state index contributed by atoms with van der Waals surface area (Å²) in [5.74, 6) is 1.69. The van der Waals surface area contributed by atoms with E-state index >= 15 is 0 Å². The Morgan fingerprint density at radius 2 is 2.07 bits per heavy atom. The second-order valence-corrected chi connectivity index (χ2v) is 4.18. The molecule has 80 valence electrons. The third kappa shape index (κ3) is 2.88. The summed E-state index contributed by atoms with van der Waals surface area (Å²) in [6.45, 7) is 8.85. The molecule has 0 aliphatic carbocycles. The van der Waals surface area contributed by atoms with E-state index in [0.29, 0.717) is 18.0 Å². The predicted octanol–water partition coefficient (Wildman–Crippen LogP) is 3.36. The van der Waals surface area contributed by atoms with Gasteiger partial charge in [0.25, 0.3) is 0 Å². The number of furan rings is 1. The first-order chi connectivity index (χ1) is 6.65. The van der Waals surface area contributed by atoms with Gasteiger partial charge in [-0.1, -0.05) is 20.8 Å². The van der Waals surface area contributed by atoms with E-state index in [1.807, 2.05) is 12.1 Å². The van der Waals surface area contributed by atoms with E-state index in [-0.39, 0.29) is 0 Å². The van der Waals surface area contributed by atoms with E-state index in [2.05, 4.69) is 33.0 Å². The molecule has 0 radical (unpaired) electrons. The molecule has 2 unspecified atom stereocenters. The molecule has 2 heteroatoms. The molecule has 0 fully saturated rings. The molecule has 0 saturated carbocycles. The fourth-order valence-corrected chi connectivity index (χ4v) is 1.40. The zero-order valence-electron chi connectivity index (χ0n) is 9.58. The van der Waals surface area contributed by atoms with Crippen molar-refractivity contribution < 1.29 is 4.42 Å². The molecular formula is C12H21NO. The Morgan fingerprint density at radius 3 is 2.50 bits per heavy atom. The molecule has 1 N–H and O–H groups in total. The van der Waals surface area contributed by atoms with Crippen LogP contribution in [0.15, 0.2) is 22.8 Å². The van der Waals surface area contributed by atoms with Crippen LogP contribution < -0.4 is 5.32 Å². The van der Waals surface area contributed by atoms with Gasteiger partial charge in [-0.25, -0.2) is 0 Å². The second-order valence-electron chi connectivity index (χ2n) is 4.18. The zero-order valence-corrected chi connectivity index (χ0v) is 9.58. The van der Waals surface area contributed by atoms with Gasteiger partial charge in [-0.3, -0.25) is 0 Å². The third-order valence-corrected chi connectivity index (χ3v) is 2.76. The smallest absolute Gasteiger partial charge is 0.120 e. The molecule has 0 aliphatic heterocycles. The highest BCUT2D eigenvalue weighted by atomic mass is 16.3. The number of hydrogen-bond donors (Lipinski definition) is 1. The van der Waals surface area contributed by atoms with E-state index in [0.717, 1.165) is 12.2 Å². The van der Waals surface area contributed by atoms with Crippen molar-refractivity contribution in [2.45, 2.75) is 46.2 Å². The molecule has 1 aromatic rings. The minimum Gasteiger partial charge on any atom is -0.468 e. The fourth-order valence-electron chi connectivity index (χ4n) is 1.40. The average Bonchev–Trinajstić information content (AvgIpc) is 2.66. The van der Waals surface area contributed by atoms with Crippen molar-refractivity contribution in [3.63, 3.8) is 0 Å². The summed E-state index contributed by atoms with van der Waals surface area (Å²) >= 11 is 0. The summed E-state index contributed by atoms with van der Waals surface area (Å²) in [5.41, 5.74) is 0. The van der Waals surface area contributed by atoms with Crippen molar-refractivity contribution in [2.24, 2.45) is 5.92 Å². The maximum absolute atomic E-state index is 5.40. The first-order valence-corrected chi connectivity index (χ1v) is 5.44. The fraction of sp³-hybridized carbons (Fsp3) is 0.667. The molecule has 0 bridgehead atoms. The van der Waals surface area contributed by atoms with Gasteiger partial charge in [0.2, 0.25) is 0 Å². The number of nitrogens with one attached hydrogen (secondary N) is 1. The highest BCUT2D eigenvalue weighted by Gasteiger charge is 2.16. The predicted molar refractivity (Wildman–Crippen MR) is 59.2 cm³/mol. The Kier molecular flexibility index (Phi) is 4.21. The Bertz CT molecular complexity index is 241. The van der Waals surface area contributed by atoms with Gasteiger partial charge in [0, 0.05) is 6.04 Å². The van der Waals surface area contributed by atoms with Crippen molar-refractivity contribution >= 4 is 0 Å². The van der Waals surface area contributed by atoms with Gasteiger partial charge in [0.15, 0.2) is 0 Å². The van der Waals surface area contributed by atoms with E-state index < -0.39 is 0 Å². The molecule has 0 aromatic carbocycles. The van der Waals surface area contributed by atoms with Crippen molar-refractivity contribution in [1.82, 2.24) is 5.32 Å². The zero-order chi connectivity index (χ0) is 10.6. The first kappa shape index (κ1) is 11.3. The third-order valence-electron chi connectivity index (χ3n) is 2.76. The normalized spacial score (nSPS) is 15.8. The molecule has 1 aromatic heterocycles. The van der Waals surface area contributed by atoms with Crippen LogP contribution in [0.2, 0.25) is 0 Å². The highest BCUT2D eigenvalue weighted by Crippen LogP contribution is 2.18. The molecule has 14 heavy (non-hydrogen) atoms. The molecule has 2 atom stereocenters. The molecule has 0 amide bonds. The van der Waals surface area contributed by atoms with E-state index in [9.17, 15) is 0 Å². The summed E-state index contributed by atoms with van der Waals surface area (Å²) in [4.78, 5) is 0. The van der Waals surface area contributed by atoms with Crippen molar-refractivity contribution in [3.05, 3.63) is 24.2 Å². The van der Waals surface area contributed by atoms with Crippen LogP contribution in [0, 0.1) is 5.92 Å². The lowest BCUT2D eigenvalue weighted by Crippen LogP contribution is -2.33. The second kappa shape index (κ2) is 5.20.